The third-order valence-corrected chi connectivity index (χ3v) is 5.51. The first-order valence-corrected chi connectivity index (χ1v) is 8.78. The molecule has 0 spiro atoms. The molecule has 0 bridgehead atoms. The van der Waals surface area contributed by atoms with Gasteiger partial charge in [0.1, 0.15) is 0 Å². The van der Waals surface area contributed by atoms with Gasteiger partial charge in [0, 0.05) is 45.2 Å². The van der Waals surface area contributed by atoms with Crippen LogP contribution in [0.4, 0.5) is 0 Å². The molecule has 2 aliphatic rings. The second kappa shape index (κ2) is 7.45. The average molecular weight is 316 g/mol. The Morgan fingerprint density at radius 2 is 1.96 bits per heavy atom. The highest BCUT2D eigenvalue weighted by Gasteiger charge is 2.38. The van der Waals surface area contributed by atoms with Crippen molar-refractivity contribution in [3.63, 3.8) is 0 Å². The van der Waals surface area contributed by atoms with E-state index < -0.39 is 0 Å². The van der Waals surface area contributed by atoms with Gasteiger partial charge < -0.3 is 15.0 Å². The summed E-state index contributed by atoms with van der Waals surface area (Å²) in [6.07, 6.45) is 2.92. The Kier molecular flexibility index (Phi) is 5.34. The Morgan fingerprint density at radius 1 is 1.26 bits per heavy atom. The minimum atomic E-state index is 0.193. The maximum atomic E-state index is 12.2. The number of benzene rings is 1. The van der Waals surface area contributed by atoms with Crippen LogP contribution < -0.4 is 5.32 Å². The summed E-state index contributed by atoms with van der Waals surface area (Å²) in [6, 6.07) is 11.1. The lowest BCUT2D eigenvalue weighted by Crippen LogP contribution is -2.40. The van der Waals surface area contributed by atoms with Crippen molar-refractivity contribution in [3.05, 3.63) is 35.9 Å². The lowest BCUT2D eigenvalue weighted by atomic mass is 9.90. The quantitative estimate of drug-likeness (QED) is 0.908. The molecule has 0 saturated carbocycles. The van der Waals surface area contributed by atoms with Gasteiger partial charge in [-0.15, -0.1) is 0 Å². The van der Waals surface area contributed by atoms with Gasteiger partial charge in [-0.05, 0) is 31.2 Å². The van der Waals surface area contributed by atoms with E-state index in [2.05, 4.69) is 36.5 Å². The lowest BCUT2D eigenvalue weighted by Gasteiger charge is -2.31. The predicted molar refractivity (Wildman–Crippen MR) is 91.1 cm³/mol. The zero-order valence-electron chi connectivity index (χ0n) is 14.2. The first-order valence-electron chi connectivity index (χ1n) is 8.78. The second-order valence-electron chi connectivity index (χ2n) is 6.97. The summed E-state index contributed by atoms with van der Waals surface area (Å²) < 4.78 is 5.45. The Hall–Kier alpha value is -1.39. The largest absolute Gasteiger partial charge is 0.381 e. The molecule has 3 atom stereocenters. The fraction of sp³-hybridized carbons (Fsp3) is 0.632. The van der Waals surface area contributed by atoms with Gasteiger partial charge in [0.2, 0.25) is 5.91 Å². The summed E-state index contributed by atoms with van der Waals surface area (Å²) in [7, 11) is 1.93. The molecule has 1 aromatic carbocycles. The molecule has 0 radical (unpaired) electrons. The first-order chi connectivity index (χ1) is 11.2. The Labute approximate surface area is 139 Å². The molecule has 2 fully saturated rings. The summed E-state index contributed by atoms with van der Waals surface area (Å²) in [5.41, 5.74) is 1.24. The smallest absolute Gasteiger partial charge is 0.223 e. The van der Waals surface area contributed by atoms with E-state index in [9.17, 15) is 4.79 Å². The van der Waals surface area contributed by atoms with Crippen LogP contribution in [0, 0.1) is 11.8 Å². The molecule has 126 valence electrons. The molecule has 2 saturated heterocycles. The monoisotopic (exact) mass is 316 g/mol. The van der Waals surface area contributed by atoms with Crippen molar-refractivity contribution in [2.75, 3.05) is 26.8 Å². The molecular formula is C19H28N2O2. The maximum absolute atomic E-state index is 12.2. The molecule has 2 aliphatic heterocycles. The van der Waals surface area contributed by atoms with Crippen molar-refractivity contribution >= 4 is 5.91 Å². The van der Waals surface area contributed by atoms with Crippen LogP contribution in [0.3, 0.4) is 0 Å². The molecule has 23 heavy (non-hydrogen) atoms. The van der Waals surface area contributed by atoms with Crippen molar-refractivity contribution in [1.29, 1.82) is 0 Å². The molecule has 3 rings (SSSR count). The minimum absolute atomic E-state index is 0.193. The fourth-order valence-electron chi connectivity index (χ4n) is 4.00. The second-order valence-corrected chi connectivity index (χ2v) is 6.97. The third-order valence-electron chi connectivity index (χ3n) is 5.51. The number of likely N-dealkylation sites (tertiary alicyclic amines) is 1. The summed E-state index contributed by atoms with van der Waals surface area (Å²) in [6.45, 7) is 4.93. The normalized spacial score (nSPS) is 27.4. The topological polar surface area (TPSA) is 41.6 Å². The molecule has 0 aromatic heterocycles. The van der Waals surface area contributed by atoms with E-state index in [-0.39, 0.29) is 11.9 Å². The number of carbonyl (C=O) groups excluding carboxylic acids is 1. The highest BCUT2D eigenvalue weighted by molar-refractivity contribution is 5.79. The van der Waals surface area contributed by atoms with E-state index >= 15 is 0 Å². The van der Waals surface area contributed by atoms with Gasteiger partial charge in [-0.25, -0.2) is 0 Å². The van der Waals surface area contributed by atoms with Crippen molar-refractivity contribution in [2.24, 2.45) is 11.8 Å². The van der Waals surface area contributed by atoms with Crippen LogP contribution in [0.15, 0.2) is 30.3 Å². The Bertz CT molecular complexity index is 513. The van der Waals surface area contributed by atoms with Crippen molar-refractivity contribution in [3.8, 4) is 0 Å². The summed E-state index contributed by atoms with van der Waals surface area (Å²) >= 11 is 0. The first kappa shape index (κ1) is 16.5. The van der Waals surface area contributed by atoms with E-state index in [1.807, 2.05) is 18.0 Å². The standard InChI is InChI=1S/C19H28N2O2/c1-14(15-8-10-23-11-9-15)20-13-17-12-18(22)21(2)19(17)16-6-4-3-5-7-16/h3-7,14-15,17,19-20H,8-13H2,1-2H3/t14-,17-,19+/m0/s1. The van der Waals surface area contributed by atoms with E-state index in [1.54, 1.807) is 0 Å². The minimum Gasteiger partial charge on any atom is -0.381 e. The van der Waals surface area contributed by atoms with Crippen LogP contribution in [0.1, 0.15) is 37.8 Å². The van der Waals surface area contributed by atoms with E-state index in [0.717, 1.165) is 32.6 Å². The van der Waals surface area contributed by atoms with Crippen LogP contribution in [0.2, 0.25) is 0 Å². The van der Waals surface area contributed by atoms with Gasteiger partial charge in [0.15, 0.2) is 0 Å². The van der Waals surface area contributed by atoms with E-state index in [0.29, 0.717) is 24.3 Å². The molecule has 1 N–H and O–H groups in total. The molecule has 0 unspecified atom stereocenters. The third kappa shape index (κ3) is 3.75. The van der Waals surface area contributed by atoms with Crippen molar-refractivity contribution in [2.45, 2.75) is 38.3 Å². The van der Waals surface area contributed by atoms with Gasteiger partial charge in [0.25, 0.3) is 0 Å². The van der Waals surface area contributed by atoms with Crippen LogP contribution >= 0.6 is 0 Å². The zero-order chi connectivity index (χ0) is 16.2. The number of nitrogens with one attached hydrogen (secondary N) is 1. The Morgan fingerprint density at radius 3 is 2.65 bits per heavy atom. The molecule has 4 heteroatoms. The van der Waals surface area contributed by atoms with Crippen molar-refractivity contribution < 1.29 is 9.53 Å². The van der Waals surface area contributed by atoms with E-state index in [1.165, 1.54) is 5.56 Å². The van der Waals surface area contributed by atoms with Crippen LogP contribution in [0.5, 0.6) is 0 Å². The van der Waals surface area contributed by atoms with Gasteiger partial charge >= 0.3 is 0 Å². The molecule has 4 nitrogen and oxygen atoms in total. The average Bonchev–Trinajstić information content (AvgIpc) is 2.88. The van der Waals surface area contributed by atoms with E-state index in [4.69, 9.17) is 4.74 Å². The van der Waals surface area contributed by atoms with Gasteiger partial charge in [-0.1, -0.05) is 30.3 Å². The highest BCUT2D eigenvalue weighted by atomic mass is 16.5. The molecule has 2 heterocycles. The number of nitrogens with zero attached hydrogens (tertiary/aromatic N) is 1. The maximum Gasteiger partial charge on any atom is 0.223 e. The van der Waals surface area contributed by atoms with Gasteiger partial charge in [0.05, 0.1) is 6.04 Å². The van der Waals surface area contributed by atoms with Crippen molar-refractivity contribution in [1.82, 2.24) is 10.2 Å². The molecule has 1 amide bonds. The number of hydrogen-bond donors (Lipinski definition) is 1. The summed E-state index contributed by atoms with van der Waals surface area (Å²) in [4.78, 5) is 14.1. The number of hydrogen-bond acceptors (Lipinski definition) is 3. The molecule has 1 aromatic rings. The summed E-state index contributed by atoms with van der Waals surface area (Å²) in [5, 5.41) is 3.70. The number of carbonyl (C=O) groups is 1. The molecular weight excluding hydrogens is 288 g/mol. The fourth-order valence-corrected chi connectivity index (χ4v) is 4.00. The van der Waals surface area contributed by atoms with Gasteiger partial charge in [-0.3, -0.25) is 4.79 Å². The highest BCUT2D eigenvalue weighted by Crippen LogP contribution is 2.36. The predicted octanol–water partition coefficient (Wildman–Crippen LogP) is 2.61. The number of ether oxygens (including phenoxy) is 1. The number of amides is 1. The van der Waals surface area contributed by atoms with Crippen LogP contribution in [-0.2, 0) is 9.53 Å². The van der Waals surface area contributed by atoms with Gasteiger partial charge in [-0.2, -0.15) is 0 Å². The Balaban J connectivity index is 1.62. The number of rotatable bonds is 5. The van der Waals surface area contributed by atoms with Crippen LogP contribution in [-0.4, -0.2) is 43.7 Å². The van der Waals surface area contributed by atoms with Crippen LogP contribution in [0.25, 0.3) is 0 Å². The lowest BCUT2D eigenvalue weighted by molar-refractivity contribution is -0.127. The summed E-state index contributed by atoms with van der Waals surface area (Å²) in [5.74, 6) is 1.29. The molecule has 0 aliphatic carbocycles. The zero-order valence-corrected chi connectivity index (χ0v) is 14.2. The SMILES string of the molecule is C[C@H](NC[C@@H]1CC(=O)N(C)[C@@H]1c1ccccc1)C1CCOCC1.